The van der Waals surface area contributed by atoms with Crippen molar-refractivity contribution < 1.29 is 9.26 Å². The van der Waals surface area contributed by atoms with E-state index in [-0.39, 0.29) is 6.04 Å². The molecule has 0 saturated carbocycles. The molecule has 0 spiro atoms. The minimum absolute atomic E-state index is 0.0209. The molecular weight excluding hydrogens is 348 g/mol. The molecule has 0 amide bonds. The Kier molecular flexibility index (Phi) is 4.82. The van der Waals surface area contributed by atoms with E-state index in [1.165, 1.54) is 0 Å². The molecular formula is C17H22N8O2. The van der Waals surface area contributed by atoms with Crippen LogP contribution in [-0.2, 0) is 13.1 Å². The van der Waals surface area contributed by atoms with Crippen molar-refractivity contribution in [3.8, 4) is 17.3 Å². The van der Waals surface area contributed by atoms with Gasteiger partial charge in [0.2, 0.25) is 17.6 Å². The number of hydrogen-bond donors (Lipinski definition) is 0. The third-order valence-corrected chi connectivity index (χ3v) is 4.50. The van der Waals surface area contributed by atoms with Gasteiger partial charge in [-0.15, -0.1) is 10.2 Å². The molecule has 4 heterocycles. The predicted octanol–water partition coefficient (Wildman–Crippen LogP) is 0.850. The van der Waals surface area contributed by atoms with Crippen molar-refractivity contribution in [1.29, 1.82) is 0 Å². The Morgan fingerprint density at radius 2 is 2.26 bits per heavy atom. The lowest BCUT2D eigenvalue weighted by molar-refractivity contribution is 0.139. The van der Waals surface area contributed by atoms with E-state index in [0.29, 0.717) is 37.3 Å². The second-order valence-corrected chi connectivity index (χ2v) is 6.82. The van der Waals surface area contributed by atoms with Gasteiger partial charge in [-0.25, -0.2) is 4.98 Å². The maximum absolute atomic E-state index is 5.68. The minimum Gasteiger partial charge on any atom is -0.476 e. The molecule has 3 aromatic rings. The van der Waals surface area contributed by atoms with Gasteiger partial charge in [0.15, 0.2) is 0 Å². The Hall–Kier alpha value is -2.85. The monoisotopic (exact) mass is 370 g/mol. The first-order valence-corrected chi connectivity index (χ1v) is 8.74. The molecule has 0 aliphatic carbocycles. The number of fused-ring (bicyclic) bond motifs is 1. The molecule has 4 rings (SSSR count). The molecule has 0 radical (unpaired) electrons. The highest BCUT2D eigenvalue weighted by Crippen LogP contribution is 2.28. The van der Waals surface area contributed by atoms with Gasteiger partial charge >= 0.3 is 0 Å². The molecule has 0 saturated heterocycles. The van der Waals surface area contributed by atoms with Crippen LogP contribution in [-0.4, -0.2) is 74.0 Å². The third kappa shape index (κ3) is 3.81. The topological polar surface area (TPSA) is 98.2 Å². The van der Waals surface area contributed by atoms with Gasteiger partial charge in [0, 0.05) is 30.9 Å². The highest BCUT2D eigenvalue weighted by Gasteiger charge is 2.30. The second-order valence-electron chi connectivity index (χ2n) is 6.82. The van der Waals surface area contributed by atoms with E-state index in [2.05, 4.69) is 35.1 Å². The zero-order valence-corrected chi connectivity index (χ0v) is 15.6. The lowest BCUT2D eigenvalue weighted by Gasteiger charge is -2.29. The quantitative estimate of drug-likeness (QED) is 0.625. The average molecular weight is 370 g/mol. The van der Waals surface area contributed by atoms with Gasteiger partial charge in [0.1, 0.15) is 24.8 Å². The largest absolute Gasteiger partial charge is 0.476 e. The summed E-state index contributed by atoms with van der Waals surface area (Å²) in [6.45, 7) is 2.74. The average Bonchev–Trinajstić information content (AvgIpc) is 3.30. The summed E-state index contributed by atoms with van der Waals surface area (Å²) in [5.41, 5.74) is 0.809. The van der Waals surface area contributed by atoms with Gasteiger partial charge < -0.3 is 18.7 Å². The van der Waals surface area contributed by atoms with Gasteiger partial charge in [-0.1, -0.05) is 5.16 Å². The predicted molar refractivity (Wildman–Crippen MR) is 95.8 cm³/mol. The molecule has 27 heavy (non-hydrogen) atoms. The molecule has 1 aliphatic rings. The zero-order valence-electron chi connectivity index (χ0n) is 15.6. The lowest BCUT2D eigenvalue weighted by atomic mass is 10.2. The van der Waals surface area contributed by atoms with E-state index in [0.717, 1.165) is 17.9 Å². The minimum atomic E-state index is -0.0209. The maximum atomic E-state index is 5.68. The van der Waals surface area contributed by atoms with Gasteiger partial charge in [-0.3, -0.25) is 4.90 Å². The van der Waals surface area contributed by atoms with Crippen LogP contribution in [0.15, 0.2) is 29.2 Å². The summed E-state index contributed by atoms with van der Waals surface area (Å²) in [5, 5.41) is 12.2. The summed E-state index contributed by atoms with van der Waals surface area (Å²) in [6, 6.07) is 3.65. The molecule has 10 heteroatoms. The van der Waals surface area contributed by atoms with Crippen LogP contribution >= 0.6 is 0 Å². The Labute approximate surface area is 156 Å². The number of nitrogens with zero attached hydrogens (tertiary/aromatic N) is 8. The molecule has 10 nitrogen and oxygen atoms in total. The Morgan fingerprint density at radius 1 is 1.37 bits per heavy atom. The smallest absolute Gasteiger partial charge is 0.246 e. The summed E-state index contributed by atoms with van der Waals surface area (Å²) >= 11 is 0. The third-order valence-electron chi connectivity index (χ3n) is 4.50. The molecule has 3 aromatic heterocycles. The lowest BCUT2D eigenvalue weighted by Crippen LogP contribution is -2.34. The number of hydrogen-bond acceptors (Lipinski definition) is 9. The fourth-order valence-corrected chi connectivity index (χ4v) is 2.93. The summed E-state index contributed by atoms with van der Waals surface area (Å²) in [7, 11) is 6.01. The fraction of sp³-hybridized carbons (Fsp3) is 0.471. The summed E-state index contributed by atoms with van der Waals surface area (Å²) in [5.74, 6) is 2.57. The van der Waals surface area contributed by atoms with E-state index < -0.39 is 0 Å². The van der Waals surface area contributed by atoms with E-state index in [1.807, 2.05) is 37.8 Å². The molecule has 0 N–H and O–H groups in total. The number of pyridine rings is 1. The Balaban J connectivity index is 1.50. The molecule has 0 bridgehead atoms. The van der Waals surface area contributed by atoms with Crippen LogP contribution in [0.1, 0.15) is 17.8 Å². The van der Waals surface area contributed by atoms with Crippen molar-refractivity contribution in [3.05, 3.63) is 36.4 Å². The summed E-state index contributed by atoms with van der Waals surface area (Å²) in [4.78, 5) is 13.0. The number of aromatic nitrogens is 6. The van der Waals surface area contributed by atoms with Crippen molar-refractivity contribution in [2.24, 2.45) is 0 Å². The molecule has 142 valence electrons. The Bertz CT molecular complexity index is 906. The van der Waals surface area contributed by atoms with E-state index in [1.54, 1.807) is 12.5 Å². The summed E-state index contributed by atoms with van der Waals surface area (Å²) in [6.07, 6.45) is 3.42. The van der Waals surface area contributed by atoms with Crippen LogP contribution in [0.5, 0.6) is 5.88 Å². The van der Waals surface area contributed by atoms with Crippen LogP contribution in [0.3, 0.4) is 0 Å². The molecule has 1 atom stereocenters. The van der Waals surface area contributed by atoms with E-state index in [4.69, 9.17) is 9.26 Å². The second kappa shape index (κ2) is 7.41. The van der Waals surface area contributed by atoms with Crippen LogP contribution in [0.2, 0.25) is 0 Å². The van der Waals surface area contributed by atoms with E-state index in [9.17, 15) is 0 Å². The number of likely N-dealkylation sites (N-methyl/N-ethyl adjacent to an activating group) is 2. The SMILES string of the molecule is CN(C)CCOc1cc(-c2noc(C3Cn4cnnc4CN3C)n2)ccn1. The van der Waals surface area contributed by atoms with Gasteiger partial charge in [-0.2, -0.15) is 4.98 Å². The van der Waals surface area contributed by atoms with Crippen molar-refractivity contribution in [3.63, 3.8) is 0 Å². The highest BCUT2D eigenvalue weighted by molar-refractivity contribution is 5.55. The first-order chi connectivity index (χ1) is 13.1. The van der Waals surface area contributed by atoms with Gasteiger partial charge in [0.25, 0.3) is 0 Å². The Morgan fingerprint density at radius 3 is 3.11 bits per heavy atom. The van der Waals surface area contributed by atoms with Crippen molar-refractivity contribution in [1.82, 2.24) is 39.7 Å². The van der Waals surface area contributed by atoms with Gasteiger partial charge in [0.05, 0.1) is 6.54 Å². The standard InChI is InChI=1S/C17H22N8O2/c1-23(2)6-7-26-15-8-12(4-5-18-15)16-20-17(27-22-16)13-9-25-11-19-21-14(25)10-24(13)3/h4-5,8,11,13H,6-7,9-10H2,1-3H3. The molecule has 0 aromatic carbocycles. The van der Waals surface area contributed by atoms with Crippen LogP contribution < -0.4 is 4.74 Å². The normalized spacial score (nSPS) is 17.3. The van der Waals surface area contributed by atoms with Gasteiger partial charge in [-0.05, 0) is 27.2 Å². The first-order valence-electron chi connectivity index (χ1n) is 8.74. The van der Waals surface area contributed by atoms with Crippen LogP contribution in [0.25, 0.3) is 11.4 Å². The number of ether oxygens (including phenoxy) is 1. The van der Waals surface area contributed by atoms with E-state index >= 15 is 0 Å². The molecule has 0 fully saturated rings. The zero-order chi connectivity index (χ0) is 18.8. The van der Waals surface area contributed by atoms with Crippen molar-refractivity contribution >= 4 is 0 Å². The maximum Gasteiger partial charge on any atom is 0.246 e. The number of rotatable bonds is 6. The fourth-order valence-electron chi connectivity index (χ4n) is 2.93. The summed E-state index contributed by atoms with van der Waals surface area (Å²) < 4.78 is 13.2. The molecule has 1 unspecified atom stereocenters. The highest BCUT2D eigenvalue weighted by atomic mass is 16.5. The van der Waals surface area contributed by atoms with Crippen molar-refractivity contribution in [2.75, 3.05) is 34.3 Å². The van der Waals surface area contributed by atoms with Crippen LogP contribution in [0, 0.1) is 0 Å². The first kappa shape index (κ1) is 17.6. The molecule has 1 aliphatic heterocycles. The van der Waals surface area contributed by atoms with Crippen LogP contribution in [0.4, 0.5) is 0 Å². The van der Waals surface area contributed by atoms with Crippen molar-refractivity contribution in [2.45, 2.75) is 19.1 Å².